The highest BCUT2D eigenvalue weighted by molar-refractivity contribution is 5.79. The van der Waals surface area contributed by atoms with Gasteiger partial charge in [-0.2, -0.15) is 0 Å². The molecule has 0 aliphatic rings. The van der Waals surface area contributed by atoms with E-state index in [1.807, 2.05) is 61.5 Å². The smallest absolute Gasteiger partial charge is 0.329 e. The summed E-state index contributed by atoms with van der Waals surface area (Å²) in [6.07, 6.45) is 0. The van der Waals surface area contributed by atoms with Crippen LogP contribution in [0.2, 0.25) is 0 Å². The minimum atomic E-state index is -0.509. The molecule has 2 aromatic carbocycles. The van der Waals surface area contributed by atoms with Gasteiger partial charge in [0.15, 0.2) is 17.0 Å². The van der Waals surface area contributed by atoms with Gasteiger partial charge in [0.05, 0.1) is 6.61 Å². The normalized spacial score (nSPS) is 11.5. The Balaban J connectivity index is 1.56. The fourth-order valence-corrected chi connectivity index (χ4v) is 3.98. The van der Waals surface area contributed by atoms with Crippen LogP contribution in [-0.4, -0.2) is 41.9 Å². The zero-order valence-corrected chi connectivity index (χ0v) is 18.9. The number of nitrogens with zero attached hydrogens (tertiary/aromatic N) is 5. The third-order valence-corrected chi connectivity index (χ3v) is 5.66. The first-order valence-electron chi connectivity index (χ1n) is 11.0. The minimum Gasteiger partial charge on any atom is -0.489 e. The molecule has 0 spiro atoms. The Morgan fingerprint density at radius 1 is 1.00 bits per heavy atom. The lowest BCUT2D eigenvalue weighted by Gasteiger charge is -2.07. The van der Waals surface area contributed by atoms with Crippen LogP contribution in [0.25, 0.3) is 28.3 Å². The van der Waals surface area contributed by atoms with E-state index in [1.54, 1.807) is 16.0 Å². The Morgan fingerprint density at radius 2 is 1.76 bits per heavy atom. The molecule has 5 rings (SSSR count). The Kier molecular flexibility index (Phi) is 5.72. The maximum Gasteiger partial charge on any atom is 0.329 e. The second-order valence-corrected chi connectivity index (χ2v) is 7.80. The summed E-state index contributed by atoms with van der Waals surface area (Å²) in [4.78, 5) is 27.5. The number of fused-ring (bicyclic) bond motifs is 3. The van der Waals surface area contributed by atoms with E-state index in [4.69, 9.17) is 9.47 Å². The first-order valence-corrected chi connectivity index (χ1v) is 11.0. The number of benzene rings is 2. The van der Waals surface area contributed by atoms with Gasteiger partial charge in [0.1, 0.15) is 12.4 Å². The fourth-order valence-electron chi connectivity index (χ4n) is 3.98. The molecule has 3 aromatic heterocycles. The van der Waals surface area contributed by atoms with Crippen molar-refractivity contribution < 1.29 is 9.47 Å². The topological polar surface area (TPSA) is 108 Å². The summed E-state index contributed by atoms with van der Waals surface area (Å²) < 4.78 is 16.2. The molecule has 10 heteroatoms. The van der Waals surface area contributed by atoms with E-state index in [-0.39, 0.29) is 0 Å². The molecule has 0 atom stereocenters. The quantitative estimate of drug-likeness (QED) is 0.356. The highest BCUT2D eigenvalue weighted by Crippen LogP contribution is 2.26. The van der Waals surface area contributed by atoms with Crippen molar-refractivity contribution >= 4 is 16.9 Å². The first kappa shape index (κ1) is 21.7. The van der Waals surface area contributed by atoms with Crippen molar-refractivity contribution in [3.05, 3.63) is 81.0 Å². The Bertz CT molecular complexity index is 1560. The predicted octanol–water partition coefficient (Wildman–Crippen LogP) is 2.35. The number of nitrogens with one attached hydrogen (secondary N) is 1. The molecule has 0 unspecified atom stereocenters. The van der Waals surface area contributed by atoms with E-state index in [1.165, 1.54) is 4.57 Å². The van der Waals surface area contributed by atoms with Crippen molar-refractivity contribution in [2.24, 2.45) is 7.05 Å². The van der Waals surface area contributed by atoms with E-state index < -0.39 is 11.2 Å². The molecular weight excluding hydrogens is 436 g/mol. The van der Waals surface area contributed by atoms with Gasteiger partial charge in [-0.15, -0.1) is 10.2 Å². The molecule has 34 heavy (non-hydrogen) atoms. The zero-order valence-electron chi connectivity index (χ0n) is 18.9. The van der Waals surface area contributed by atoms with Gasteiger partial charge in [0, 0.05) is 25.8 Å². The van der Waals surface area contributed by atoms with Gasteiger partial charge in [0.25, 0.3) is 5.56 Å². The van der Waals surface area contributed by atoms with E-state index in [2.05, 4.69) is 15.2 Å². The van der Waals surface area contributed by atoms with Crippen LogP contribution in [0.5, 0.6) is 5.75 Å². The van der Waals surface area contributed by atoms with Crippen LogP contribution in [0.4, 0.5) is 0 Å². The van der Waals surface area contributed by atoms with Crippen LogP contribution in [0, 0.1) is 0 Å². The summed E-state index contributed by atoms with van der Waals surface area (Å²) in [5.41, 5.74) is 1.63. The zero-order chi connectivity index (χ0) is 23.7. The summed E-state index contributed by atoms with van der Waals surface area (Å²) in [7, 11) is 1.61. The molecular formula is C24H24N6O4. The van der Waals surface area contributed by atoms with E-state index >= 15 is 0 Å². The van der Waals surface area contributed by atoms with Gasteiger partial charge < -0.3 is 14.0 Å². The molecule has 5 aromatic rings. The molecule has 0 amide bonds. The third-order valence-electron chi connectivity index (χ3n) is 5.66. The Morgan fingerprint density at radius 3 is 2.50 bits per heavy atom. The molecule has 0 fully saturated rings. The van der Waals surface area contributed by atoms with Gasteiger partial charge in [-0.05, 0) is 36.8 Å². The van der Waals surface area contributed by atoms with Crippen LogP contribution in [0.15, 0.2) is 64.2 Å². The summed E-state index contributed by atoms with van der Waals surface area (Å²) in [6.45, 7) is 3.72. The molecule has 0 radical (unpaired) electrons. The molecule has 174 valence electrons. The largest absolute Gasteiger partial charge is 0.489 e. The maximum absolute atomic E-state index is 12.7. The van der Waals surface area contributed by atoms with Crippen LogP contribution in [-0.2, 0) is 24.9 Å². The lowest BCUT2D eigenvalue weighted by molar-refractivity contribution is 0.140. The monoisotopic (exact) mass is 460 g/mol. The van der Waals surface area contributed by atoms with Crippen LogP contribution < -0.4 is 16.0 Å². The summed E-state index contributed by atoms with van der Waals surface area (Å²) in [5, 5.41) is 8.71. The van der Waals surface area contributed by atoms with Crippen LogP contribution in [0.1, 0.15) is 12.5 Å². The van der Waals surface area contributed by atoms with Gasteiger partial charge >= 0.3 is 5.69 Å². The lowest BCUT2D eigenvalue weighted by Crippen LogP contribution is -2.29. The second-order valence-electron chi connectivity index (χ2n) is 7.80. The molecule has 0 aliphatic heterocycles. The van der Waals surface area contributed by atoms with Crippen molar-refractivity contribution in [1.82, 2.24) is 28.7 Å². The molecule has 0 saturated carbocycles. The first-order chi connectivity index (χ1) is 16.6. The molecule has 10 nitrogen and oxygen atoms in total. The van der Waals surface area contributed by atoms with Crippen LogP contribution >= 0.6 is 0 Å². The second kappa shape index (κ2) is 8.99. The van der Waals surface area contributed by atoms with Crippen LogP contribution in [0.3, 0.4) is 0 Å². The minimum absolute atomic E-state index is 0.343. The Hall–Kier alpha value is -4.18. The van der Waals surface area contributed by atoms with Gasteiger partial charge in [-0.25, -0.2) is 9.20 Å². The predicted molar refractivity (Wildman–Crippen MR) is 127 cm³/mol. The number of hydrogen-bond donors (Lipinski definition) is 1. The molecule has 1 N–H and O–H groups in total. The Labute approximate surface area is 194 Å². The number of hydrogen-bond acceptors (Lipinski definition) is 6. The van der Waals surface area contributed by atoms with Crippen molar-refractivity contribution in [1.29, 1.82) is 0 Å². The fraction of sp³-hybridized carbons (Fsp3) is 0.250. The summed E-state index contributed by atoms with van der Waals surface area (Å²) in [5.74, 6) is 1.70. The summed E-state index contributed by atoms with van der Waals surface area (Å²) >= 11 is 0. The number of aromatic nitrogens is 6. The standard InChI is InChI=1S/C24H24N6O4/c1-3-33-14-13-29-19-21(31)25-24(32)28(2)22(19)30-20(26-27-23(29)30)17-9-11-18(12-10-17)34-15-16-7-5-4-6-8-16/h4-12H,3,13-15H2,1-2H3,(H,25,31,32). The summed E-state index contributed by atoms with van der Waals surface area (Å²) in [6, 6.07) is 17.4. The molecule has 0 aliphatic carbocycles. The van der Waals surface area contributed by atoms with E-state index in [9.17, 15) is 9.59 Å². The SMILES string of the molecule is CCOCCn1c2c(=O)[nH]c(=O)n(C)c2n2c(-c3ccc(OCc4ccccc4)cc3)nnc12. The number of ether oxygens (including phenoxy) is 2. The molecule has 3 heterocycles. The molecule has 0 bridgehead atoms. The third kappa shape index (κ3) is 3.77. The van der Waals surface area contributed by atoms with E-state index in [0.29, 0.717) is 49.1 Å². The number of rotatable bonds is 8. The highest BCUT2D eigenvalue weighted by atomic mass is 16.5. The number of imidazole rings is 1. The number of aromatic amines is 1. The van der Waals surface area contributed by atoms with Gasteiger partial charge in [-0.1, -0.05) is 30.3 Å². The van der Waals surface area contributed by atoms with Crippen molar-refractivity contribution in [2.75, 3.05) is 13.2 Å². The number of H-pyrrole nitrogens is 1. The van der Waals surface area contributed by atoms with Gasteiger partial charge in [-0.3, -0.25) is 14.3 Å². The van der Waals surface area contributed by atoms with Crippen molar-refractivity contribution in [2.45, 2.75) is 20.1 Å². The van der Waals surface area contributed by atoms with Crippen molar-refractivity contribution in [3.63, 3.8) is 0 Å². The van der Waals surface area contributed by atoms with E-state index in [0.717, 1.165) is 16.9 Å². The number of aryl methyl sites for hydroxylation is 1. The maximum atomic E-state index is 12.7. The van der Waals surface area contributed by atoms with Crippen molar-refractivity contribution in [3.8, 4) is 17.1 Å². The molecule has 0 saturated heterocycles. The lowest BCUT2D eigenvalue weighted by atomic mass is 10.2. The average Bonchev–Trinajstić information content (AvgIpc) is 3.42. The highest BCUT2D eigenvalue weighted by Gasteiger charge is 2.22. The average molecular weight is 460 g/mol. The van der Waals surface area contributed by atoms with Gasteiger partial charge in [0.2, 0.25) is 5.78 Å².